The van der Waals surface area contributed by atoms with Gasteiger partial charge < -0.3 is 14.4 Å². The minimum atomic E-state index is 0.0708. The summed E-state index contributed by atoms with van der Waals surface area (Å²) in [6.45, 7) is 0. The van der Waals surface area contributed by atoms with Gasteiger partial charge in [-0.1, -0.05) is 121 Å². The Morgan fingerprint density at radius 2 is 0.698 bits per heavy atom. The van der Waals surface area contributed by atoms with Crippen LogP contribution in [0.1, 0.15) is 5.56 Å². The number of anilines is 6. The second kappa shape index (κ2) is 17.0. The number of nitriles is 2. The van der Waals surface area contributed by atoms with Crippen molar-refractivity contribution in [3.05, 3.63) is 242 Å². The number of allylic oxidation sites excluding steroid dienone is 1. The van der Waals surface area contributed by atoms with E-state index in [4.69, 9.17) is 0 Å². The minimum Gasteiger partial charge on any atom is -0.311 e. The molecule has 0 saturated carbocycles. The number of fused-ring (bicyclic) bond motifs is 3. The summed E-state index contributed by atoms with van der Waals surface area (Å²) in [6.07, 6.45) is 1.61. The molecule has 0 amide bonds. The lowest BCUT2D eigenvalue weighted by molar-refractivity contribution is 1.18. The number of aromatic nitrogens is 1. The number of para-hydroxylation sites is 4. The second-order valence-electron chi connectivity index (χ2n) is 15.3. The van der Waals surface area contributed by atoms with Crippen molar-refractivity contribution < 1.29 is 0 Å². The van der Waals surface area contributed by atoms with E-state index >= 15 is 0 Å². The average Bonchev–Trinajstić information content (AvgIpc) is 3.68. The van der Waals surface area contributed by atoms with Gasteiger partial charge in [0.2, 0.25) is 0 Å². The summed E-state index contributed by atoms with van der Waals surface area (Å²) in [5.41, 5.74) is 15.1. The average molecular weight is 806 g/mol. The Kier molecular flexibility index (Phi) is 10.3. The van der Waals surface area contributed by atoms with Crippen LogP contribution in [0.15, 0.2) is 236 Å². The van der Waals surface area contributed by atoms with Gasteiger partial charge >= 0.3 is 0 Å². The predicted molar refractivity (Wildman–Crippen MR) is 260 cm³/mol. The fraction of sp³-hybridized carbons (Fsp3) is 0. The molecule has 0 unspecified atom stereocenters. The number of nitrogens with zero attached hydrogens (tertiary/aromatic N) is 5. The van der Waals surface area contributed by atoms with Crippen molar-refractivity contribution in [1.29, 1.82) is 10.5 Å². The maximum absolute atomic E-state index is 9.35. The Labute approximate surface area is 367 Å². The maximum atomic E-state index is 9.35. The van der Waals surface area contributed by atoms with Crippen molar-refractivity contribution in [3.8, 4) is 40.1 Å². The Bertz CT molecular complexity index is 3030. The molecule has 0 aliphatic rings. The summed E-state index contributed by atoms with van der Waals surface area (Å²) in [5.74, 6) is 0. The van der Waals surface area contributed by atoms with Crippen molar-refractivity contribution in [1.82, 2.24) is 4.57 Å². The first-order valence-corrected chi connectivity index (χ1v) is 20.9. The van der Waals surface area contributed by atoms with Crippen molar-refractivity contribution in [2.75, 3.05) is 9.80 Å². The number of rotatable bonds is 10. The van der Waals surface area contributed by atoms with E-state index < -0.39 is 0 Å². The van der Waals surface area contributed by atoms with Gasteiger partial charge in [0.05, 0.1) is 11.0 Å². The normalized spacial score (nSPS) is 10.8. The van der Waals surface area contributed by atoms with Crippen LogP contribution < -0.4 is 9.80 Å². The molecule has 0 radical (unpaired) electrons. The molecule has 0 fully saturated rings. The summed E-state index contributed by atoms with van der Waals surface area (Å²) >= 11 is 0. The standard InChI is InChI=1S/C58H39N5/c59-40-43(41-60)37-42-21-29-54(30-22-42)63-57-35-27-46(44-23-31-52(32-24-44)61(48-13-5-1-6-14-48)49-15-7-2-8-16-49)38-55(57)56-39-47(28-36-58(56)63)45-25-33-53(34-26-45)62(50-17-9-3-10-18-50)51-19-11-4-12-20-51/h1-39H. The predicted octanol–water partition coefficient (Wildman–Crippen LogP) is 15.5. The molecular formula is C58H39N5. The molecule has 0 N–H and O–H groups in total. The number of benzene rings is 9. The Hall–Kier alpha value is -8.90. The van der Waals surface area contributed by atoms with Crippen molar-refractivity contribution in [2.45, 2.75) is 0 Å². The van der Waals surface area contributed by atoms with Crippen LogP contribution in [0.25, 0.3) is 55.8 Å². The fourth-order valence-electron chi connectivity index (χ4n) is 8.45. The summed E-state index contributed by atoms with van der Waals surface area (Å²) in [4.78, 5) is 4.55. The van der Waals surface area contributed by atoms with Gasteiger partial charge in [-0.3, -0.25) is 0 Å². The van der Waals surface area contributed by atoms with Gasteiger partial charge in [0.1, 0.15) is 17.7 Å². The van der Waals surface area contributed by atoms with E-state index in [1.165, 1.54) is 0 Å². The van der Waals surface area contributed by atoms with E-state index in [1.807, 2.05) is 60.7 Å². The SMILES string of the molecule is N#CC(C#N)=Cc1ccc(-n2c3ccc(-c4ccc(N(c5ccccc5)c5ccccc5)cc4)cc3c3cc(-c4ccc(N(c5ccccc5)c5ccccc5)cc4)ccc32)cc1. The molecule has 0 saturated heterocycles. The van der Waals surface area contributed by atoms with Crippen LogP contribution in [0.5, 0.6) is 0 Å². The van der Waals surface area contributed by atoms with E-state index in [0.717, 1.165) is 89.4 Å². The third-order valence-electron chi connectivity index (χ3n) is 11.4. The topological polar surface area (TPSA) is 59.0 Å². The molecule has 0 bridgehead atoms. The van der Waals surface area contributed by atoms with E-state index in [9.17, 15) is 10.5 Å². The van der Waals surface area contributed by atoms with Crippen LogP contribution in [-0.4, -0.2) is 4.57 Å². The van der Waals surface area contributed by atoms with E-state index in [1.54, 1.807) is 6.08 Å². The molecule has 0 atom stereocenters. The second-order valence-corrected chi connectivity index (χ2v) is 15.3. The smallest absolute Gasteiger partial charge is 0.130 e. The zero-order chi connectivity index (χ0) is 42.5. The molecule has 1 aromatic heterocycles. The van der Waals surface area contributed by atoms with Crippen LogP contribution >= 0.6 is 0 Å². The Balaban J connectivity index is 1.07. The van der Waals surface area contributed by atoms with Gasteiger partial charge in [-0.2, -0.15) is 10.5 Å². The van der Waals surface area contributed by atoms with Crippen molar-refractivity contribution in [2.24, 2.45) is 0 Å². The largest absolute Gasteiger partial charge is 0.311 e. The van der Waals surface area contributed by atoms with Crippen LogP contribution in [0.4, 0.5) is 34.1 Å². The van der Waals surface area contributed by atoms with Crippen molar-refractivity contribution >= 4 is 62.0 Å². The Morgan fingerprint density at radius 1 is 0.365 bits per heavy atom. The van der Waals surface area contributed by atoms with Gasteiger partial charge in [-0.15, -0.1) is 0 Å². The molecule has 10 aromatic rings. The number of hydrogen-bond donors (Lipinski definition) is 0. The van der Waals surface area contributed by atoms with Crippen LogP contribution in [-0.2, 0) is 0 Å². The molecule has 0 spiro atoms. The van der Waals surface area contributed by atoms with E-state index in [0.29, 0.717) is 0 Å². The third-order valence-corrected chi connectivity index (χ3v) is 11.4. The summed E-state index contributed by atoms with van der Waals surface area (Å²) in [7, 11) is 0. The zero-order valence-electron chi connectivity index (χ0n) is 34.3. The third kappa shape index (κ3) is 7.60. The maximum Gasteiger partial charge on any atom is 0.130 e. The lowest BCUT2D eigenvalue weighted by Crippen LogP contribution is -2.09. The molecule has 0 aliphatic heterocycles. The molecule has 0 aliphatic carbocycles. The molecule has 9 aromatic carbocycles. The number of hydrogen-bond acceptors (Lipinski definition) is 4. The Morgan fingerprint density at radius 3 is 1.05 bits per heavy atom. The summed E-state index contributed by atoms with van der Waals surface area (Å²) < 4.78 is 2.29. The van der Waals surface area contributed by atoms with Gasteiger partial charge in [0.15, 0.2) is 0 Å². The lowest BCUT2D eigenvalue weighted by atomic mass is 9.99. The van der Waals surface area contributed by atoms with Crippen molar-refractivity contribution in [3.63, 3.8) is 0 Å². The first kappa shape index (κ1) is 38.3. The van der Waals surface area contributed by atoms with Gasteiger partial charge in [-0.05, 0) is 143 Å². The molecule has 10 rings (SSSR count). The van der Waals surface area contributed by atoms with Gasteiger partial charge in [-0.25, -0.2) is 0 Å². The van der Waals surface area contributed by atoms with E-state index in [2.05, 4.69) is 196 Å². The minimum absolute atomic E-state index is 0.0708. The van der Waals surface area contributed by atoms with Crippen LogP contribution in [0.3, 0.4) is 0 Å². The zero-order valence-corrected chi connectivity index (χ0v) is 34.3. The van der Waals surface area contributed by atoms with Gasteiger partial charge in [0.25, 0.3) is 0 Å². The highest BCUT2D eigenvalue weighted by molar-refractivity contribution is 6.11. The van der Waals surface area contributed by atoms with Crippen LogP contribution in [0.2, 0.25) is 0 Å². The van der Waals surface area contributed by atoms with Gasteiger partial charge in [0, 0.05) is 50.6 Å². The summed E-state index contributed by atoms with van der Waals surface area (Å²) in [6, 6.07) is 84.8. The molecule has 296 valence electrons. The molecular weight excluding hydrogens is 767 g/mol. The molecule has 5 heteroatoms. The highest BCUT2D eigenvalue weighted by Gasteiger charge is 2.17. The fourth-order valence-corrected chi connectivity index (χ4v) is 8.45. The molecule has 1 heterocycles. The first-order valence-electron chi connectivity index (χ1n) is 20.9. The molecule has 5 nitrogen and oxygen atoms in total. The monoisotopic (exact) mass is 805 g/mol. The summed E-state index contributed by atoms with van der Waals surface area (Å²) in [5, 5.41) is 21.0. The highest BCUT2D eigenvalue weighted by Crippen LogP contribution is 2.40. The first-order chi connectivity index (χ1) is 31.1. The lowest BCUT2D eigenvalue weighted by Gasteiger charge is -2.25. The highest BCUT2D eigenvalue weighted by atomic mass is 15.1. The molecule has 63 heavy (non-hydrogen) atoms. The van der Waals surface area contributed by atoms with Crippen LogP contribution in [0, 0.1) is 22.7 Å². The quantitative estimate of drug-likeness (QED) is 0.129. The van der Waals surface area contributed by atoms with E-state index in [-0.39, 0.29) is 5.57 Å².